The van der Waals surface area contributed by atoms with Gasteiger partial charge in [-0.2, -0.15) is 13.2 Å². The van der Waals surface area contributed by atoms with E-state index in [1.807, 2.05) is 0 Å². The van der Waals surface area contributed by atoms with E-state index in [4.69, 9.17) is 0 Å². The summed E-state index contributed by atoms with van der Waals surface area (Å²) in [4.78, 5) is 22.5. The molecule has 2 rings (SSSR count). The highest BCUT2D eigenvalue weighted by atomic mass is 19.4. The molecule has 1 fully saturated rings. The van der Waals surface area contributed by atoms with Gasteiger partial charge < -0.3 is 9.84 Å². The third-order valence-corrected chi connectivity index (χ3v) is 6.83. The van der Waals surface area contributed by atoms with Crippen molar-refractivity contribution in [2.24, 2.45) is 11.8 Å². The number of aryl methyl sites for hydroxylation is 1. The molecule has 4 nitrogen and oxygen atoms in total. The Balaban J connectivity index is 1.61. The van der Waals surface area contributed by atoms with Crippen LogP contribution in [-0.4, -0.2) is 30.1 Å². The number of hydrogen-bond donors (Lipinski definition) is 1. The summed E-state index contributed by atoms with van der Waals surface area (Å²) in [7, 11) is 1.21. The number of ether oxygens (including phenoxy) is 1. The smallest absolute Gasteiger partial charge is 0.416 e. The Labute approximate surface area is 194 Å². The fourth-order valence-electron chi connectivity index (χ4n) is 4.96. The minimum atomic E-state index is -4.30. The van der Waals surface area contributed by atoms with E-state index in [1.54, 1.807) is 6.07 Å². The van der Waals surface area contributed by atoms with Crippen LogP contribution in [0.5, 0.6) is 0 Å². The largest absolute Gasteiger partial charge is 0.463 e. The van der Waals surface area contributed by atoms with Gasteiger partial charge in [-0.1, -0.05) is 56.7 Å². The summed E-state index contributed by atoms with van der Waals surface area (Å²) in [5.74, 6) is -0.420. The number of ketones is 1. The van der Waals surface area contributed by atoms with Gasteiger partial charge in [0, 0.05) is 6.42 Å². The molecule has 1 unspecified atom stereocenters. The summed E-state index contributed by atoms with van der Waals surface area (Å²) >= 11 is 0. The molecule has 0 radical (unpaired) electrons. The molecular formula is C26H37F3O4. The summed E-state index contributed by atoms with van der Waals surface area (Å²) < 4.78 is 42.9. The molecule has 1 aliphatic rings. The van der Waals surface area contributed by atoms with E-state index in [-0.39, 0.29) is 12.5 Å². The number of hydrogen-bond acceptors (Lipinski definition) is 4. The molecule has 3 atom stereocenters. The average molecular weight is 471 g/mol. The molecule has 0 spiro atoms. The molecule has 1 aliphatic carbocycles. The van der Waals surface area contributed by atoms with E-state index in [1.165, 1.54) is 19.2 Å². The number of carbonyl (C=O) groups is 2. The van der Waals surface area contributed by atoms with Crippen molar-refractivity contribution in [3.05, 3.63) is 35.4 Å². The fraction of sp³-hybridized carbons (Fsp3) is 0.692. The number of methoxy groups -OCH3 is 1. The van der Waals surface area contributed by atoms with Crippen molar-refractivity contribution < 1.29 is 32.6 Å². The molecule has 0 aromatic heterocycles. The first-order valence-corrected chi connectivity index (χ1v) is 12.2. The molecular weight excluding hydrogens is 433 g/mol. The minimum absolute atomic E-state index is 0.234. The number of esters is 1. The molecule has 0 aliphatic heterocycles. The molecule has 1 N–H and O–H groups in total. The summed E-state index contributed by atoms with van der Waals surface area (Å²) in [5.41, 5.74) is 0.129. The number of alkyl halides is 3. The van der Waals surface area contributed by atoms with Crippen LogP contribution in [-0.2, 0) is 26.9 Å². The van der Waals surface area contributed by atoms with Gasteiger partial charge in [0.05, 0.1) is 18.8 Å². The molecule has 186 valence electrons. The second-order valence-electron chi connectivity index (χ2n) is 9.23. The van der Waals surface area contributed by atoms with Crippen LogP contribution in [0.3, 0.4) is 0 Å². The van der Waals surface area contributed by atoms with Gasteiger partial charge in [0.25, 0.3) is 0 Å². The van der Waals surface area contributed by atoms with Crippen molar-refractivity contribution in [1.82, 2.24) is 0 Å². The highest BCUT2D eigenvalue weighted by Crippen LogP contribution is 2.39. The van der Waals surface area contributed by atoms with Crippen molar-refractivity contribution >= 4 is 11.8 Å². The molecule has 0 heterocycles. The number of aliphatic hydroxyl groups is 1. The molecule has 0 saturated heterocycles. The molecule has 1 aromatic rings. The van der Waals surface area contributed by atoms with Gasteiger partial charge >= 0.3 is 12.1 Å². The topological polar surface area (TPSA) is 63.6 Å². The van der Waals surface area contributed by atoms with Crippen molar-refractivity contribution in [3.8, 4) is 0 Å². The summed E-state index contributed by atoms with van der Waals surface area (Å²) in [5, 5.41) is 10.4. The monoisotopic (exact) mass is 470 g/mol. The first kappa shape index (κ1) is 27.4. The molecule has 33 heavy (non-hydrogen) atoms. The third kappa shape index (κ3) is 9.48. The zero-order valence-electron chi connectivity index (χ0n) is 19.5. The molecule has 7 heteroatoms. The Kier molecular flexibility index (Phi) is 11.4. The first-order chi connectivity index (χ1) is 15.7. The predicted molar refractivity (Wildman–Crippen MR) is 121 cm³/mol. The van der Waals surface area contributed by atoms with Gasteiger partial charge in [0.15, 0.2) is 0 Å². The highest BCUT2D eigenvalue weighted by Gasteiger charge is 2.33. The van der Waals surface area contributed by atoms with Crippen LogP contribution in [0.15, 0.2) is 24.3 Å². The lowest BCUT2D eigenvalue weighted by atomic mass is 9.85. The number of aliphatic hydroxyl groups excluding tert-OH is 1. The highest BCUT2D eigenvalue weighted by molar-refractivity contribution is 6.33. The lowest BCUT2D eigenvalue weighted by Gasteiger charge is -2.22. The SMILES string of the molecule is COC(=O)C(=O)CCCCCC[C@H]1CC[C@@H](O)C1CCCCCc1cccc(C(F)(F)F)c1. The second-order valence-corrected chi connectivity index (χ2v) is 9.23. The van der Waals surface area contributed by atoms with Crippen LogP contribution < -0.4 is 0 Å². The Morgan fingerprint density at radius 1 is 1.00 bits per heavy atom. The van der Waals surface area contributed by atoms with Crippen molar-refractivity contribution in [3.63, 3.8) is 0 Å². The Hall–Kier alpha value is -1.89. The maximum absolute atomic E-state index is 12.8. The van der Waals surface area contributed by atoms with Crippen LogP contribution in [0, 0.1) is 11.8 Å². The summed E-state index contributed by atoms with van der Waals surface area (Å²) in [6.07, 6.45) is 6.64. The van der Waals surface area contributed by atoms with Crippen molar-refractivity contribution in [2.75, 3.05) is 7.11 Å². The van der Waals surface area contributed by atoms with Crippen LogP contribution >= 0.6 is 0 Å². The summed E-state index contributed by atoms with van der Waals surface area (Å²) in [6.45, 7) is 0. The summed E-state index contributed by atoms with van der Waals surface area (Å²) in [6, 6.07) is 5.56. The Morgan fingerprint density at radius 3 is 2.42 bits per heavy atom. The van der Waals surface area contributed by atoms with Gasteiger partial charge in [0.1, 0.15) is 0 Å². The predicted octanol–water partition coefficient (Wildman–Crippen LogP) is 6.28. The number of carbonyl (C=O) groups excluding carboxylic acids is 2. The van der Waals surface area contributed by atoms with E-state index in [2.05, 4.69) is 4.74 Å². The zero-order valence-corrected chi connectivity index (χ0v) is 19.5. The Morgan fingerprint density at radius 2 is 1.70 bits per heavy atom. The van der Waals surface area contributed by atoms with E-state index < -0.39 is 23.5 Å². The normalized spacial score (nSPS) is 20.7. The quantitative estimate of drug-likeness (QED) is 0.197. The van der Waals surface area contributed by atoms with Gasteiger partial charge in [0.2, 0.25) is 5.78 Å². The molecule has 1 aromatic carbocycles. The fourth-order valence-corrected chi connectivity index (χ4v) is 4.96. The van der Waals surface area contributed by atoms with E-state index >= 15 is 0 Å². The first-order valence-electron chi connectivity index (χ1n) is 12.2. The Bertz CT molecular complexity index is 747. The van der Waals surface area contributed by atoms with Crippen LogP contribution in [0.4, 0.5) is 13.2 Å². The average Bonchev–Trinajstić information content (AvgIpc) is 3.14. The molecule has 0 bridgehead atoms. The number of benzene rings is 1. The van der Waals surface area contributed by atoms with E-state index in [9.17, 15) is 27.9 Å². The minimum Gasteiger partial charge on any atom is -0.463 e. The van der Waals surface area contributed by atoms with Gasteiger partial charge in [-0.3, -0.25) is 4.79 Å². The van der Waals surface area contributed by atoms with Crippen LogP contribution in [0.1, 0.15) is 88.2 Å². The van der Waals surface area contributed by atoms with Crippen molar-refractivity contribution in [2.45, 2.75) is 95.8 Å². The number of halogens is 3. The standard InChI is InChI=1S/C26H37F3O4/c1-33-25(32)24(31)15-8-3-2-6-12-20-16-17-23(30)22(20)14-7-4-5-10-19-11-9-13-21(18-19)26(27,28)29/h9,11,13,18,20,22-23,30H,2-8,10,12,14-17H2,1H3/t20-,22?,23+/m0/s1. The molecule has 0 amide bonds. The van der Waals surface area contributed by atoms with Crippen LogP contribution in [0.2, 0.25) is 0 Å². The zero-order chi connectivity index (χ0) is 24.3. The maximum atomic E-state index is 12.8. The molecule has 1 saturated carbocycles. The lowest BCUT2D eigenvalue weighted by molar-refractivity contribution is -0.151. The van der Waals surface area contributed by atoms with Crippen LogP contribution in [0.25, 0.3) is 0 Å². The van der Waals surface area contributed by atoms with Gasteiger partial charge in [-0.25, -0.2) is 4.79 Å². The van der Waals surface area contributed by atoms with E-state index in [0.29, 0.717) is 24.7 Å². The van der Waals surface area contributed by atoms with Gasteiger partial charge in [-0.15, -0.1) is 0 Å². The van der Waals surface area contributed by atoms with Crippen molar-refractivity contribution in [1.29, 1.82) is 0 Å². The lowest BCUT2D eigenvalue weighted by Crippen LogP contribution is -2.19. The third-order valence-electron chi connectivity index (χ3n) is 6.83. The maximum Gasteiger partial charge on any atom is 0.416 e. The van der Waals surface area contributed by atoms with E-state index in [0.717, 1.165) is 75.8 Å². The second kappa shape index (κ2) is 13.7. The van der Waals surface area contributed by atoms with Gasteiger partial charge in [-0.05, 0) is 62.0 Å². The number of rotatable bonds is 14. The number of Topliss-reactive ketones (excluding diaryl/α,β-unsaturated/α-hetero) is 1. The number of unbranched alkanes of at least 4 members (excludes halogenated alkanes) is 5.